The number of nitriles is 2. The molecule has 0 aliphatic carbocycles. The van der Waals surface area contributed by atoms with Crippen LogP contribution in [0.5, 0.6) is 11.5 Å². The summed E-state index contributed by atoms with van der Waals surface area (Å²) in [6.07, 6.45) is 4.30. The topological polar surface area (TPSA) is 112 Å². The summed E-state index contributed by atoms with van der Waals surface area (Å²) in [6, 6.07) is 17.1. The largest absolute Gasteiger partial charge is 0.493 e. The summed E-state index contributed by atoms with van der Waals surface area (Å²) < 4.78 is 10.6. The second-order valence-corrected chi connectivity index (χ2v) is 6.05. The molecule has 7 nitrogen and oxygen atoms in total. The fourth-order valence-electron chi connectivity index (χ4n) is 2.44. The summed E-state index contributed by atoms with van der Waals surface area (Å²) in [5.74, 6) is -1.09. The number of amides is 1. The second-order valence-electron chi connectivity index (χ2n) is 6.05. The average molecular weight is 413 g/mol. The van der Waals surface area contributed by atoms with Gasteiger partial charge in [0.2, 0.25) is 0 Å². The molecule has 0 radical (unpaired) electrons. The minimum Gasteiger partial charge on any atom is -0.493 e. The average Bonchev–Trinajstić information content (AvgIpc) is 2.80. The number of carbonyl (C=O) groups excluding carboxylic acids is 2. The van der Waals surface area contributed by atoms with Crippen molar-refractivity contribution < 1.29 is 19.1 Å². The van der Waals surface area contributed by atoms with Gasteiger partial charge in [-0.05, 0) is 35.4 Å². The van der Waals surface area contributed by atoms with Crippen LogP contribution in [-0.2, 0) is 9.59 Å². The number of esters is 1. The van der Waals surface area contributed by atoms with E-state index >= 15 is 0 Å². The molecule has 0 aliphatic rings. The van der Waals surface area contributed by atoms with Crippen molar-refractivity contribution in [3.8, 4) is 23.6 Å². The van der Waals surface area contributed by atoms with Crippen LogP contribution >= 0.6 is 0 Å². The van der Waals surface area contributed by atoms with Crippen LogP contribution in [0.2, 0.25) is 0 Å². The van der Waals surface area contributed by atoms with Crippen molar-refractivity contribution in [1.29, 1.82) is 10.5 Å². The standard InChI is InChI=1S/C24H19N3O4/c1-3-11-27-23(28)19(15-25)13-18-9-10-21(22(14-18)30-2)31-24(29)20(16-26)12-17-7-5-4-6-8-17/h3-10,12-14H,1,11H2,2H3,(H,27,28)/b19-13+,20-12+. The maximum atomic E-state index is 12.4. The number of carbonyl (C=O) groups is 2. The Balaban J connectivity index is 2.26. The maximum Gasteiger partial charge on any atom is 0.354 e. The predicted octanol–water partition coefficient (Wildman–Crippen LogP) is 3.42. The predicted molar refractivity (Wildman–Crippen MR) is 115 cm³/mol. The van der Waals surface area contributed by atoms with Gasteiger partial charge in [0.1, 0.15) is 23.3 Å². The molecule has 0 bridgehead atoms. The SMILES string of the molecule is C=CCNC(=O)/C(C#N)=C/c1ccc(OC(=O)/C(C#N)=C/c2ccccc2)c(OC)c1. The molecular weight excluding hydrogens is 394 g/mol. The third-order valence-corrected chi connectivity index (χ3v) is 3.92. The minimum atomic E-state index is -0.838. The molecule has 0 heterocycles. The first-order valence-corrected chi connectivity index (χ1v) is 9.10. The minimum absolute atomic E-state index is 0.0912. The molecule has 0 spiro atoms. The lowest BCUT2D eigenvalue weighted by Crippen LogP contribution is -2.24. The number of hydrogen-bond donors (Lipinski definition) is 1. The van der Waals surface area contributed by atoms with Gasteiger partial charge in [0.25, 0.3) is 5.91 Å². The van der Waals surface area contributed by atoms with Crippen LogP contribution in [0.1, 0.15) is 11.1 Å². The van der Waals surface area contributed by atoms with E-state index in [9.17, 15) is 20.1 Å². The molecule has 0 fully saturated rings. The highest BCUT2D eigenvalue weighted by molar-refractivity contribution is 6.02. The molecule has 31 heavy (non-hydrogen) atoms. The number of rotatable bonds is 8. The molecule has 0 saturated carbocycles. The van der Waals surface area contributed by atoms with Crippen molar-refractivity contribution in [3.63, 3.8) is 0 Å². The van der Waals surface area contributed by atoms with E-state index in [-0.39, 0.29) is 29.2 Å². The zero-order valence-electron chi connectivity index (χ0n) is 16.8. The van der Waals surface area contributed by atoms with Crippen molar-refractivity contribution in [2.75, 3.05) is 13.7 Å². The third-order valence-electron chi connectivity index (χ3n) is 3.92. The molecule has 0 saturated heterocycles. The van der Waals surface area contributed by atoms with Crippen LogP contribution in [0.3, 0.4) is 0 Å². The van der Waals surface area contributed by atoms with Gasteiger partial charge < -0.3 is 14.8 Å². The van der Waals surface area contributed by atoms with E-state index in [2.05, 4.69) is 11.9 Å². The smallest absolute Gasteiger partial charge is 0.354 e. The normalized spacial score (nSPS) is 10.9. The molecule has 1 N–H and O–H groups in total. The Morgan fingerprint density at radius 2 is 1.68 bits per heavy atom. The fraction of sp³-hybridized carbons (Fsp3) is 0.0833. The van der Waals surface area contributed by atoms with E-state index in [1.165, 1.54) is 37.5 Å². The lowest BCUT2D eigenvalue weighted by Gasteiger charge is -2.10. The van der Waals surface area contributed by atoms with E-state index in [1.54, 1.807) is 30.3 Å². The summed E-state index contributed by atoms with van der Waals surface area (Å²) in [5.41, 5.74) is 0.888. The Morgan fingerprint density at radius 1 is 1.00 bits per heavy atom. The summed E-state index contributed by atoms with van der Waals surface area (Å²) in [4.78, 5) is 24.4. The number of nitrogens with one attached hydrogen (secondary N) is 1. The van der Waals surface area contributed by atoms with Crippen LogP contribution in [0.25, 0.3) is 12.2 Å². The Kier molecular flexibility index (Phi) is 8.33. The Bertz CT molecular complexity index is 1120. The van der Waals surface area contributed by atoms with Crippen molar-refractivity contribution in [3.05, 3.63) is 83.5 Å². The van der Waals surface area contributed by atoms with Crippen molar-refractivity contribution in [2.24, 2.45) is 0 Å². The molecule has 1 amide bonds. The zero-order chi connectivity index (χ0) is 22.6. The number of hydrogen-bond acceptors (Lipinski definition) is 6. The molecule has 7 heteroatoms. The highest BCUT2D eigenvalue weighted by Crippen LogP contribution is 2.29. The molecule has 154 valence electrons. The highest BCUT2D eigenvalue weighted by Gasteiger charge is 2.16. The maximum absolute atomic E-state index is 12.4. The number of nitrogens with zero attached hydrogens (tertiary/aromatic N) is 2. The quantitative estimate of drug-likeness (QED) is 0.233. The van der Waals surface area contributed by atoms with Gasteiger partial charge in [-0.2, -0.15) is 10.5 Å². The van der Waals surface area contributed by atoms with Crippen LogP contribution in [0.15, 0.2) is 72.3 Å². The van der Waals surface area contributed by atoms with Crippen molar-refractivity contribution in [1.82, 2.24) is 5.32 Å². The lowest BCUT2D eigenvalue weighted by molar-refractivity contribution is -0.129. The summed E-state index contributed by atoms with van der Waals surface area (Å²) >= 11 is 0. The van der Waals surface area contributed by atoms with Gasteiger partial charge in [0, 0.05) is 6.54 Å². The third kappa shape index (κ3) is 6.45. The van der Waals surface area contributed by atoms with Gasteiger partial charge >= 0.3 is 5.97 Å². The molecule has 0 unspecified atom stereocenters. The van der Waals surface area contributed by atoms with Gasteiger partial charge in [-0.3, -0.25) is 4.79 Å². The van der Waals surface area contributed by atoms with E-state index in [1.807, 2.05) is 18.2 Å². The molecule has 0 atom stereocenters. The fourth-order valence-corrected chi connectivity index (χ4v) is 2.44. The first-order chi connectivity index (χ1) is 15.0. The number of methoxy groups -OCH3 is 1. The second kappa shape index (κ2) is 11.4. The summed E-state index contributed by atoms with van der Waals surface area (Å²) in [7, 11) is 1.38. The highest BCUT2D eigenvalue weighted by atomic mass is 16.6. The van der Waals surface area contributed by atoms with Gasteiger partial charge in [-0.15, -0.1) is 6.58 Å². The van der Waals surface area contributed by atoms with Crippen LogP contribution in [0, 0.1) is 22.7 Å². The molecule has 0 aromatic heterocycles. The number of ether oxygens (including phenoxy) is 2. The van der Waals surface area contributed by atoms with Gasteiger partial charge in [0.05, 0.1) is 7.11 Å². The Hall–Kier alpha value is -4.62. The molecular formula is C24H19N3O4. The zero-order valence-corrected chi connectivity index (χ0v) is 16.8. The van der Waals surface area contributed by atoms with Crippen LogP contribution in [0.4, 0.5) is 0 Å². The first-order valence-electron chi connectivity index (χ1n) is 9.10. The first kappa shape index (κ1) is 22.7. The summed E-state index contributed by atoms with van der Waals surface area (Å²) in [5, 5.41) is 21.1. The van der Waals surface area contributed by atoms with Crippen molar-refractivity contribution in [2.45, 2.75) is 0 Å². The van der Waals surface area contributed by atoms with E-state index in [0.29, 0.717) is 11.1 Å². The molecule has 0 aliphatic heterocycles. The Morgan fingerprint density at radius 3 is 2.29 bits per heavy atom. The molecule has 2 rings (SSSR count). The van der Waals surface area contributed by atoms with E-state index in [0.717, 1.165) is 0 Å². The van der Waals surface area contributed by atoms with Crippen LogP contribution < -0.4 is 14.8 Å². The van der Waals surface area contributed by atoms with E-state index in [4.69, 9.17) is 9.47 Å². The Labute approximate surface area is 180 Å². The molecule has 2 aromatic carbocycles. The lowest BCUT2D eigenvalue weighted by atomic mass is 10.1. The van der Waals surface area contributed by atoms with E-state index < -0.39 is 11.9 Å². The van der Waals surface area contributed by atoms with Crippen LogP contribution in [-0.4, -0.2) is 25.5 Å². The summed E-state index contributed by atoms with van der Waals surface area (Å²) in [6.45, 7) is 3.73. The number of benzene rings is 2. The van der Waals surface area contributed by atoms with Crippen molar-refractivity contribution >= 4 is 24.0 Å². The van der Waals surface area contributed by atoms with Gasteiger partial charge in [-0.1, -0.05) is 42.5 Å². The van der Waals surface area contributed by atoms with Gasteiger partial charge in [-0.25, -0.2) is 4.79 Å². The monoisotopic (exact) mass is 413 g/mol. The van der Waals surface area contributed by atoms with Gasteiger partial charge in [0.15, 0.2) is 11.5 Å². The molecule has 2 aromatic rings.